The zero-order valence-electron chi connectivity index (χ0n) is 21.4. The Morgan fingerprint density at radius 2 is 1.69 bits per heavy atom. The predicted octanol–water partition coefficient (Wildman–Crippen LogP) is 5.18. The molecule has 0 fully saturated rings. The van der Waals surface area contributed by atoms with Crippen LogP contribution in [0.5, 0.6) is 0 Å². The average Bonchev–Trinajstić information content (AvgIpc) is 2.77. The summed E-state index contributed by atoms with van der Waals surface area (Å²) in [6.45, 7) is 7.76. The number of sulfonamides is 1. The van der Waals surface area contributed by atoms with Gasteiger partial charge in [0.15, 0.2) is 0 Å². The molecule has 36 heavy (non-hydrogen) atoms. The maximum absolute atomic E-state index is 13.4. The van der Waals surface area contributed by atoms with E-state index < -0.39 is 16.1 Å². The molecular formula is C26H35Cl2N3O4S. The Hall–Kier alpha value is -2.29. The third-order valence-electron chi connectivity index (χ3n) is 5.65. The fourth-order valence-corrected chi connectivity index (χ4v) is 5.28. The van der Waals surface area contributed by atoms with Crippen LogP contribution in [0.4, 0.5) is 5.69 Å². The summed E-state index contributed by atoms with van der Waals surface area (Å²) in [6, 6.07) is 11.4. The van der Waals surface area contributed by atoms with Crippen molar-refractivity contribution in [1.82, 2.24) is 10.2 Å². The van der Waals surface area contributed by atoms with Crippen molar-refractivity contribution in [2.24, 2.45) is 0 Å². The molecular weight excluding hydrogens is 521 g/mol. The zero-order valence-corrected chi connectivity index (χ0v) is 23.8. The van der Waals surface area contributed by atoms with E-state index in [4.69, 9.17) is 23.2 Å². The van der Waals surface area contributed by atoms with Crippen molar-refractivity contribution >= 4 is 50.7 Å². The van der Waals surface area contributed by atoms with E-state index in [9.17, 15) is 18.0 Å². The van der Waals surface area contributed by atoms with Gasteiger partial charge in [-0.05, 0) is 63.4 Å². The van der Waals surface area contributed by atoms with Gasteiger partial charge in [0, 0.05) is 35.6 Å². The molecule has 0 heterocycles. The highest BCUT2D eigenvalue weighted by atomic mass is 35.5. The maximum Gasteiger partial charge on any atom is 0.243 e. The van der Waals surface area contributed by atoms with Crippen LogP contribution in [0.1, 0.15) is 51.2 Å². The number of aryl methyl sites for hydroxylation is 1. The first-order chi connectivity index (χ1) is 16.8. The SMILES string of the molecule is CC[C@@H](C(=O)NC(C)C)N(Cc1ccc(Cl)cc1Cl)C(=O)CCCN(c1ccc(C)cc1)S(C)(=O)=O. The molecule has 1 atom stereocenters. The lowest BCUT2D eigenvalue weighted by molar-refractivity contribution is -0.141. The van der Waals surface area contributed by atoms with Crippen molar-refractivity contribution in [1.29, 1.82) is 0 Å². The molecule has 7 nitrogen and oxygen atoms in total. The Kier molecular flexibility index (Phi) is 11.1. The molecule has 0 aromatic heterocycles. The van der Waals surface area contributed by atoms with Gasteiger partial charge in [-0.15, -0.1) is 0 Å². The molecule has 2 aromatic rings. The van der Waals surface area contributed by atoms with Gasteiger partial charge in [-0.1, -0.05) is 53.9 Å². The minimum absolute atomic E-state index is 0.0640. The second-order valence-electron chi connectivity index (χ2n) is 9.12. The summed E-state index contributed by atoms with van der Waals surface area (Å²) in [5.41, 5.74) is 2.23. The van der Waals surface area contributed by atoms with Crippen molar-refractivity contribution < 1.29 is 18.0 Å². The number of carbonyl (C=O) groups excluding carboxylic acids is 2. The number of amides is 2. The average molecular weight is 557 g/mol. The van der Waals surface area contributed by atoms with E-state index in [1.165, 1.54) is 9.21 Å². The molecule has 2 aromatic carbocycles. The van der Waals surface area contributed by atoms with Crippen LogP contribution in [-0.2, 0) is 26.2 Å². The van der Waals surface area contributed by atoms with Gasteiger partial charge in [-0.3, -0.25) is 13.9 Å². The first kappa shape index (κ1) is 29.9. The Balaban J connectivity index is 2.25. The second-order valence-corrected chi connectivity index (χ2v) is 11.9. The lowest BCUT2D eigenvalue weighted by Gasteiger charge is -2.32. The van der Waals surface area contributed by atoms with Crippen LogP contribution in [0.2, 0.25) is 10.0 Å². The molecule has 0 radical (unpaired) electrons. The summed E-state index contributed by atoms with van der Waals surface area (Å²) in [6.07, 6.45) is 1.91. The highest BCUT2D eigenvalue weighted by Gasteiger charge is 2.29. The molecule has 0 aliphatic heterocycles. The molecule has 0 bridgehead atoms. The zero-order chi connectivity index (χ0) is 27.0. The number of carbonyl (C=O) groups is 2. The Labute approximate surface area is 224 Å². The van der Waals surface area contributed by atoms with Crippen LogP contribution in [0, 0.1) is 6.92 Å². The molecule has 10 heteroatoms. The minimum Gasteiger partial charge on any atom is -0.352 e. The molecule has 2 amide bonds. The van der Waals surface area contributed by atoms with Gasteiger partial charge >= 0.3 is 0 Å². The van der Waals surface area contributed by atoms with Gasteiger partial charge in [-0.2, -0.15) is 0 Å². The van der Waals surface area contributed by atoms with Gasteiger partial charge in [0.1, 0.15) is 6.04 Å². The fourth-order valence-electron chi connectivity index (χ4n) is 3.85. The summed E-state index contributed by atoms with van der Waals surface area (Å²) >= 11 is 12.4. The van der Waals surface area contributed by atoms with E-state index in [0.717, 1.165) is 11.8 Å². The van der Waals surface area contributed by atoms with E-state index >= 15 is 0 Å². The lowest BCUT2D eigenvalue weighted by Crippen LogP contribution is -2.50. The molecule has 0 aliphatic carbocycles. The van der Waals surface area contributed by atoms with Gasteiger partial charge in [0.05, 0.1) is 11.9 Å². The molecule has 198 valence electrons. The first-order valence-corrected chi connectivity index (χ1v) is 14.5. The summed E-state index contributed by atoms with van der Waals surface area (Å²) in [5, 5.41) is 3.76. The lowest BCUT2D eigenvalue weighted by atomic mass is 10.1. The fraction of sp³-hybridized carbons (Fsp3) is 0.462. The molecule has 0 unspecified atom stereocenters. The van der Waals surface area contributed by atoms with Crippen molar-refractivity contribution in [2.75, 3.05) is 17.1 Å². The number of rotatable bonds is 12. The molecule has 0 aliphatic rings. The standard InChI is InChI=1S/C26H35Cl2N3O4S/c1-6-24(26(33)29-18(2)3)30(17-20-11-12-21(27)16-23(20)28)25(32)8-7-15-31(36(5,34)35)22-13-9-19(4)10-14-22/h9-14,16,18,24H,6-8,15,17H2,1-5H3,(H,29,33)/t24-/m0/s1. The van der Waals surface area contributed by atoms with E-state index in [0.29, 0.717) is 27.7 Å². The number of hydrogen-bond donors (Lipinski definition) is 1. The molecule has 0 saturated heterocycles. The van der Waals surface area contributed by atoms with Gasteiger partial charge in [0.25, 0.3) is 0 Å². The third kappa shape index (κ3) is 8.68. The van der Waals surface area contributed by atoms with Crippen LogP contribution in [0.25, 0.3) is 0 Å². The maximum atomic E-state index is 13.4. The van der Waals surface area contributed by atoms with Crippen LogP contribution in [0.3, 0.4) is 0 Å². The smallest absolute Gasteiger partial charge is 0.243 e. The van der Waals surface area contributed by atoms with Crippen molar-refractivity contribution in [2.45, 2.75) is 65.6 Å². The van der Waals surface area contributed by atoms with Crippen molar-refractivity contribution in [3.63, 3.8) is 0 Å². The molecule has 0 saturated carbocycles. The Morgan fingerprint density at radius 1 is 1.06 bits per heavy atom. The minimum atomic E-state index is -3.54. The number of nitrogens with zero attached hydrogens (tertiary/aromatic N) is 2. The number of hydrogen-bond acceptors (Lipinski definition) is 4. The van der Waals surface area contributed by atoms with Crippen LogP contribution < -0.4 is 9.62 Å². The van der Waals surface area contributed by atoms with Crippen LogP contribution in [-0.4, -0.2) is 50.0 Å². The van der Waals surface area contributed by atoms with E-state index in [1.807, 2.05) is 39.8 Å². The van der Waals surface area contributed by atoms with Crippen LogP contribution in [0.15, 0.2) is 42.5 Å². The summed E-state index contributed by atoms with van der Waals surface area (Å²) in [7, 11) is -3.54. The normalized spacial score (nSPS) is 12.3. The third-order valence-corrected chi connectivity index (χ3v) is 7.43. The summed E-state index contributed by atoms with van der Waals surface area (Å²) < 4.78 is 26.2. The van der Waals surface area contributed by atoms with Gasteiger partial charge in [0.2, 0.25) is 21.8 Å². The van der Waals surface area contributed by atoms with E-state index in [1.54, 1.807) is 30.3 Å². The monoisotopic (exact) mass is 555 g/mol. The first-order valence-electron chi connectivity index (χ1n) is 11.9. The van der Waals surface area contributed by atoms with Gasteiger partial charge in [-0.25, -0.2) is 8.42 Å². The Bertz CT molecular complexity index is 1150. The molecule has 1 N–H and O–H groups in total. The quantitative estimate of drug-likeness (QED) is 0.391. The van der Waals surface area contributed by atoms with Crippen molar-refractivity contribution in [3.05, 3.63) is 63.6 Å². The number of halogens is 2. The predicted molar refractivity (Wildman–Crippen MR) is 147 cm³/mol. The van der Waals surface area contributed by atoms with Crippen molar-refractivity contribution in [3.8, 4) is 0 Å². The summed E-state index contributed by atoms with van der Waals surface area (Å²) in [4.78, 5) is 27.9. The Morgan fingerprint density at radius 3 is 2.22 bits per heavy atom. The second kappa shape index (κ2) is 13.3. The number of benzene rings is 2. The van der Waals surface area contributed by atoms with E-state index in [-0.39, 0.29) is 43.8 Å². The highest BCUT2D eigenvalue weighted by molar-refractivity contribution is 7.92. The number of nitrogens with one attached hydrogen (secondary N) is 1. The number of anilines is 1. The largest absolute Gasteiger partial charge is 0.352 e. The molecule has 2 rings (SSSR count). The highest BCUT2D eigenvalue weighted by Crippen LogP contribution is 2.25. The van der Waals surface area contributed by atoms with Crippen LogP contribution >= 0.6 is 23.2 Å². The molecule has 0 spiro atoms. The summed E-state index contributed by atoms with van der Waals surface area (Å²) in [5.74, 6) is -0.507. The van der Waals surface area contributed by atoms with Gasteiger partial charge < -0.3 is 10.2 Å². The van der Waals surface area contributed by atoms with E-state index in [2.05, 4.69) is 5.32 Å². The topological polar surface area (TPSA) is 86.8 Å².